The van der Waals surface area contributed by atoms with Crippen molar-refractivity contribution in [3.05, 3.63) is 77.2 Å². The molecule has 1 spiro atoms. The molecule has 5 rings (SSSR count). The number of carboxylic acids is 1. The van der Waals surface area contributed by atoms with E-state index in [0.29, 0.717) is 24.3 Å². The summed E-state index contributed by atoms with van der Waals surface area (Å²) in [6.07, 6.45) is 4.40. The molecule has 0 bridgehead atoms. The maximum Gasteiger partial charge on any atom is 0.354 e. The summed E-state index contributed by atoms with van der Waals surface area (Å²) in [5, 5.41) is 15.2. The Balaban J connectivity index is 1.45. The molecular weight excluding hydrogens is 356 g/mol. The number of anilines is 3. The average Bonchev–Trinajstić information content (AvgIpc) is 3.20. The average molecular weight is 372 g/mol. The third-order valence-electron chi connectivity index (χ3n) is 5.45. The molecule has 1 aromatic carbocycles. The lowest BCUT2D eigenvalue weighted by atomic mass is 9.79. The first kappa shape index (κ1) is 16.4. The van der Waals surface area contributed by atoms with Gasteiger partial charge in [0.2, 0.25) is 5.91 Å². The molecule has 1 atom stereocenters. The van der Waals surface area contributed by atoms with E-state index in [1.54, 1.807) is 12.3 Å². The summed E-state index contributed by atoms with van der Waals surface area (Å²) in [4.78, 5) is 32.0. The number of nitrogens with zero attached hydrogens (tertiary/aromatic N) is 2. The van der Waals surface area contributed by atoms with E-state index in [2.05, 4.69) is 20.6 Å². The zero-order chi connectivity index (χ0) is 19.3. The largest absolute Gasteiger partial charge is 0.477 e. The van der Waals surface area contributed by atoms with Crippen molar-refractivity contribution in [2.24, 2.45) is 0 Å². The van der Waals surface area contributed by atoms with Gasteiger partial charge in [0.15, 0.2) is 0 Å². The van der Waals surface area contributed by atoms with E-state index in [4.69, 9.17) is 5.11 Å². The highest BCUT2D eigenvalue weighted by Crippen LogP contribution is 2.47. The fourth-order valence-electron chi connectivity index (χ4n) is 4.14. The summed E-state index contributed by atoms with van der Waals surface area (Å²) >= 11 is 0. The van der Waals surface area contributed by atoms with Gasteiger partial charge in [-0.3, -0.25) is 4.79 Å². The molecule has 1 amide bonds. The second kappa shape index (κ2) is 5.88. The molecule has 138 valence electrons. The molecule has 2 aliphatic rings. The highest BCUT2D eigenvalue weighted by Gasteiger charge is 2.50. The van der Waals surface area contributed by atoms with Crippen molar-refractivity contribution in [1.82, 2.24) is 9.97 Å². The maximum atomic E-state index is 12.8. The Hall–Kier alpha value is -3.74. The Morgan fingerprint density at radius 1 is 1.04 bits per heavy atom. The van der Waals surface area contributed by atoms with Gasteiger partial charge in [0.1, 0.15) is 11.5 Å². The second-order valence-corrected chi connectivity index (χ2v) is 7.13. The standard InChI is InChI=1S/C21H16N4O3/c26-19(27)17-9-15(5-7-22-17)24-14-4-3-12-10-21(11-13(12)8-14)16-2-1-6-23-18(16)25-20(21)28/h1-9H,10-11H2,(H,22,24)(H,26,27)(H,23,25,28). The molecule has 2 aromatic heterocycles. The van der Waals surface area contributed by atoms with Crippen molar-refractivity contribution < 1.29 is 14.7 Å². The third kappa shape index (κ3) is 2.44. The number of carboxylic acid groups (broad SMARTS) is 1. The molecule has 28 heavy (non-hydrogen) atoms. The number of hydrogen-bond donors (Lipinski definition) is 3. The lowest BCUT2D eigenvalue weighted by Gasteiger charge is -2.20. The van der Waals surface area contributed by atoms with Crippen LogP contribution in [0.2, 0.25) is 0 Å². The minimum absolute atomic E-state index is 0.00728. The van der Waals surface area contributed by atoms with Gasteiger partial charge in [0.25, 0.3) is 0 Å². The van der Waals surface area contributed by atoms with Crippen molar-refractivity contribution in [3.8, 4) is 0 Å². The third-order valence-corrected chi connectivity index (χ3v) is 5.45. The van der Waals surface area contributed by atoms with Gasteiger partial charge in [-0.2, -0.15) is 0 Å². The molecular formula is C21H16N4O3. The Morgan fingerprint density at radius 2 is 1.86 bits per heavy atom. The number of hydrogen-bond acceptors (Lipinski definition) is 5. The Kier molecular flexibility index (Phi) is 3.45. The quantitative estimate of drug-likeness (QED) is 0.653. The van der Waals surface area contributed by atoms with Gasteiger partial charge in [-0.05, 0) is 54.3 Å². The molecule has 0 saturated carbocycles. The van der Waals surface area contributed by atoms with E-state index in [1.807, 2.05) is 30.3 Å². The predicted molar refractivity (Wildman–Crippen MR) is 103 cm³/mol. The van der Waals surface area contributed by atoms with Gasteiger partial charge in [-0.25, -0.2) is 14.8 Å². The second-order valence-electron chi connectivity index (χ2n) is 7.13. The van der Waals surface area contributed by atoms with Crippen molar-refractivity contribution >= 4 is 29.1 Å². The molecule has 1 aliphatic carbocycles. The summed E-state index contributed by atoms with van der Waals surface area (Å²) in [7, 11) is 0. The number of benzene rings is 1. The predicted octanol–water partition coefficient (Wildman–Crippen LogP) is 2.91. The molecule has 3 N–H and O–H groups in total. The number of carbonyl (C=O) groups excluding carboxylic acids is 1. The van der Waals surface area contributed by atoms with Crippen LogP contribution in [0.3, 0.4) is 0 Å². The summed E-state index contributed by atoms with van der Waals surface area (Å²) in [5.41, 5.74) is 4.06. The first-order valence-electron chi connectivity index (χ1n) is 8.90. The van der Waals surface area contributed by atoms with Crippen LogP contribution in [0.15, 0.2) is 54.9 Å². The van der Waals surface area contributed by atoms with E-state index in [-0.39, 0.29) is 11.6 Å². The highest BCUT2D eigenvalue weighted by atomic mass is 16.4. The van der Waals surface area contributed by atoms with Gasteiger partial charge in [0, 0.05) is 29.3 Å². The number of aromatic nitrogens is 2. The molecule has 0 radical (unpaired) electrons. The van der Waals surface area contributed by atoms with Gasteiger partial charge in [-0.15, -0.1) is 0 Å². The first-order valence-corrected chi connectivity index (χ1v) is 8.90. The number of pyridine rings is 2. The van der Waals surface area contributed by atoms with E-state index >= 15 is 0 Å². The molecule has 3 heterocycles. The number of nitrogens with one attached hydrogen (secondary N) is 2. The van der Waals surface area contributed by atoms with Crippen LogP contribution in [-0.2, 0) is 23.1 Å². The lowest BCUT2D eigenvalue weighted by Crippen LogP contribution is -2.35. The van der Waals surface area contributed by atoms with Gasteiger partial charge in [0.05, 0.1) is 5.41 Å². The highest BCUT2D eigenvalue weighted by molar-refractivity contribution is 6.06. The van der Waals surface area contributed by atoms with Crippen molar-refractivity contribution in [2.45, 2.75) is 18.3 Å². The van der Waals surface area contributed by atoms with Crippen LogP contribution in [0, 0.1) is 0 Å². The molecule has 7 heteroatoms. The number of aromatic carboxylic acids is 1. The normalized spacial score (nSPS) is 19.2. The fraction of sp³-hybridized carbons (Fsp3) is 0.143. The topological polar surface area (TPSA) is 104 Å². The summed E-state index contributed by atoms with van der Waals surface area (Å²) in [6.45, 7) is 0. The fourth-order valence-corrected chi connectivity index (χ4v) is 4.14. The van der Waals surface area contributed by atoms with Crippen molar-refractivity contribution in [1.29, 1.82) is 0 Å². The maximum absolute atomic E-state index is 12.8. The van der Waals surface area contributed by atoms with Crippen LogP contribution in [0.25, 0.3) is 0 Å². The van der Waals surface area contributed by atoms with Crippen molar-refractivity contribution in [3.63, 3.8) is 0 Å². The SMILES string of the molecule is O=C(O)c1cc(Nc2ccc3c(c2)CC2(C3)C(=O)Nc3ncccc32)ccn1. The molecule has 0 saturated heterocycles. The van der Waals surface area contributed by atoms with Crippen LogP contribution in [-0.4, -0.2) is 27.0 Å². The van der Waals surface area contributed by atoms with Crippen LogP contribution in [0.4, 0.5) is 17.2 Å². The Bertz CT molecular complexity index is 1140. The zero-order valence-corrected chi connectivity index (χ0v) is 14.8. The Labute approximate surface area is 160 Å². The molecule has 3 aromatic rings. The minimum Gasteiger partial charge on any atom is -0.477 e. The summed E-state index contributed by atoms with van der Waals surface area (Å²) in [5.74, 6) is -0.428. The van der Waals surface area contributed by atoms with Crippen LogP contribution >= 0.6 is 0 Å². The lowest BCUT2D eigenvalue weighted by molar-refractivity contribution is -0.120. The van der Waals surface area contributed by atoms with Crippen molar-refractivity contribution in [2.75, 3.05) is 10.6 Å². The zero-order valence-electron chi connectivity index (χ0n) is 14.8. The number of carbonyl (C=O) groups is 2. The molecule has 1 unspecified atom stereocenters. The van der Waals surface area contributed by atoms with Crippen LogP contribution < -0.4 is 10.6 Å². The summed E-state index contributed by atoms with van der Waals surface area (Å²) < 4.78 is 0. The van der Waals surface area contributed by atoms with E-state index < -0.39 is 11.4 Å². The van der Waals surface area contributed by atoms with Gasteiger partial charge in [-0.1, -0.05) is 12.1 Å². The van der Waals surface area contributed by atoms with Gasteiger partial charge < -0.3 is 15.7 Å². The molecule has 1 aliphatic heterocycles. The number of fused-ring (bicyclic) bond motifs is 3. The number of amides is 1. The van der Waals surface area contributed by atoms with E-state index in [0.717, 1.165) is 22.4 Å². The van der Waals surface area contributed by atoms with Crippen LogP contribution in [0.5, 0.6) is 0 Å². The smallest absolute Gasteiger partial charge is 0.354 e. The first-order chi connectivity index (χ1) is 13.5. The van der Waals surface area contributed by atoms with Gasteiger partial charge >= 0.3 is 5.97 Å². The summed E-state index contributed by atoms with van der Waals surface area (Å²) in [6, 6.07) is 13.0. The molecule has 7 nitrogen and oxygen atoms in total. The van der Waals surface area contributed by atoms with Crippen LogP contribution in [0.1, 0.15) is 27.2 Å². The Morgan fingerprint density at radius 3 is 2.71 bits per heavy atom. The minimum atomic E-state index is -1.07. The van der Waals surface area contributed by atoms with E-state index in [1.165, 1.54) is 12.3 Å². The molecule has 0 fully saturated rings. The number of rotatable bonds is 3. The van der Waals surface area contributed by atoms with E-state index in [9.17, 15) is 9.59 Å². The monoisotopic (exact) mass is 372 g/mol.